The van der Waals surface area contributed by atoms with Crippen LogP contribution < -0.4 is 5.32 Å². The second-order valence-electron chi connectivity index (χ2n) is 5.27. The molecule has 1 amide bonds. The van der Waals surface area contributed by atoms with Gasteiger partial charge in [-0.25, -0.2) is 4.79 Å². The lowest BCUT2D eigenvalue weighted by atomic mass is 10.1. The van der Waals surface area contributed by atoms with Gasteiger partial charge in [0, 0.05) is 10.4 Å². The van der Waals surface area contributed by atoms with E-state index in [1.54, 1.807) is 12.1 Å². The van der Waals surface area contributed by atoms with E-state index in [0.29, 0.717) is 22.0 Å². The van der Waals surface area contributed by atoms with Crippen molar-refractivity contribution in [2.75, 3.05) is 5.32 Å². The van der Waals surface area contributed by atoms with Gasteiger partial charge in [0.05, 0.1) is 11.3 Å². The van der Waals surface area contributed by atoms with E-state index in [1.807, 2.05) is 0 Å². The molecule has 0 radical (unpaired) electrons. The molecule has 2 fully saturated rings. The summed E-state index contributed by atoms with van der Waals surface area (Å²) in [4.78, 5) is 23.3. The summed E-state index contributed by atoms with van der Waals surface area (Å²) >= 11 is 3.24. The minimum absolute atomic E-state index is 0.0282. The summed E-state index contributed by atoms with van der Waals surface area (Å²) in [6.45, 7) is 0. The Morgan fingerprint density at radius 1 is 1.26 bits per heavy atom. The van der Waals surface area contributed by atoms with Crippen LogP contribution >= 0.6 is 15.9 Å². The lowest BCUT2D eigenvalue weighted by Crippen LogP contribution is -2.18. The van der Waals surface area contributed by atoms with Gasteiger partial charge in [0.1, 0.15) is 0 Å². The number of carbonyl (C=O) groups is 2. The molecule has 1 aromatic rings. The standard InChI is InChI=1S/C14H14BrNO3/c15-7-4-5-11(10(6-7)14(18)19)16-13(17)12-8-2-1-3-9(8)12/h4-6,8-9,12H,1-3H2,(H,16,17)(H,18,19). The van der Waals surface area contributed by atoms with E-state index in [9.17, 15) is 9.59 Å². The van der Waals surface area contributed by atoms with Crippen molar-refractivity contribution in [2.45, 2.75) is 19.3 Å². The first-order valence-electron chi connectivity index (χ1n) is 6.41. The van der Waals surface area contributed by atoms with E-state index in [1.165, 1.54) is 12.5 Å². The number of hydrogen-bond acceptors (Lipinski definition) is 2. The van der Waals surface area contributed by atoms with Crippen molar-refractivity contribution in [3.63, 3.8) is 0 Å². The van der Waals surface area contributed by atoms with Gasteiger partial charge in [-0.3, -0.25) is 4.79 Å². The fourth-order valence-electron chi connectivity index (χ4n) is 3.23. The quantitative estimate of drug-likeness (QED) is 0.898. The Hall–Kier alpha value is -1.36. The number of carboxylic acid groups (broad SMARTS) is 1. The Kier molecular flexibility index (Phi) is 3.09. The molecule has 2 aliphatic rings. The molecule has 2 aliphatic carbocycles. The zero-order valence-corrected chi connectivity index (χ0v) is 11.8. The maximum Gasteiger partial charge on any atom is 0.337 e. The van der Waals surface area contributed by atoms with E-state index in [4.69, 9.17) is 5.11 Å². The van der Waals surface area contributed by atoms with Crippen LogP contribution in [0.4, 0.5) is 5.69 Å². The number of amides is 1. The minimum atomic E-state index is -1.03. The van der Waals surface area contributed by atoms with Crippen molar-refractivity contribution in [1.82, 2.24) is 0 Å². The number of rotatable bonds is 3. The molecule has 100 valence electrons. The zero-order valence-electron chi connectivity index (χ0n) is 10.2. The summed E-state index contributed by atoms with van der Waals surface area (Å²) in [5.74, 6) is 0.0959. The first-order valence-corrected chi connectivity index (χ1v) is 7.21. The third-order valence-corrected chi connectivity index (χ3v) is 4.67. The molecule has 1 aromatic carbocycles. The number of fused-ring (bicyclic) bond motifs is 1. The predicted molar refractivity (Wildman–Crippen MR) is 74.1 cm³/mol. The molecule has 4 nitrogen and oxygen atoms in total. The molecule has 0 spiro atoms. The van der Waals surface area contributed by atoms with Gasteiger partial charge >= 0.3 is 5.97 Å². The molecule has 0 bridgehead atoms. The Balaban J connectivity index is 1.76. The summed E-state index contributed by atoms with van der Waals surface area (Å²) < 4.78 is 0.686. The van der Waals surface area contributed by atoms with Crippen LogP contribution in [0.1, 0.15) is 29.6 Å². The second-order valence-corrected chi connectivity index (χ2v) is 6.18. The molecule has 0 saturated heterocycles. The average Bonchev–Trinajstić information content (AvgIpc) is 2.85. The Labute approximate surface area is 119 Å². The van der Waals surface area contributed by atoms with Crippen LogP contribution in [0.5, 0.6) is 0 Å². The molecule has 2 saturated carbocycles. The van der Waals surface area contributed by atoms with Gasteiger partial charge in [-0.2, -0.15) is 0 Å². The highest BCUT2D eigenvalue weighted by Gasteiger charge is 2.56. The predicted octanol–water partition coefficient (Wildman–Crippen LogP) is 3.13. The van der Waals surface area contributed by atoms with Crippen molar-refractivity contribution >= 4 is 33.5 Å². The largest absolute Gasteiger partial charge is 0.478 e. The molecule has 2 N–H and O–H groups in total. The van der Waals surface area contributed by atoms with Crippen LogP contribution in [0, 0.1) is 17.8 Å². The minimum Gasteiger partial charge on any atom is -0.478 e. The third-order valence-electron chi connectivity index (χ3n) is 4.18. The highest BCUT2D eigenvalue weighted by Crippen LogP contribution is 2.57. The molecule has 0 aliphatic heterocycles. The van der Waals surface area contributed by atoms with Gasteiger partial charge in [-0.15, -0.1) is 0 Å². The monoisotopic (exact) mass is 323 g/mol. The fraction of sp³-hybridized carbons (Fsp3) is 0.429. The molecule has 2 unspecified atom stereocenters. The van der Waals surface area contributed by atoms with E-state index >= 15 is 0 Å². The van der Waals surface area contributed by atoms with E-state index in [-0.39, 0.29) is 17.4 Å². The molecule has 19 heavy (non-hydrogen) atoms. The maximum absolute atomic E-state index is 12.1. The first kappa shape index (κ1) is 12.7. The van der Waals surface area contributed by atoms with E-state index in [0.717, 1.165) is 12.8 Å². The number of anilines is 1. The van der Waals surface area contributed by atoms with Crippen LogP contribution in [0.15, 0.2) is 22.7 Å². The van der Waals surface area contributed by atoms with Crippen molar-refractivity contribution in [1.29, 1.82) is 0 Å². The SMILES string of the molecule is O=C(O)c1cc(Br)ccc1NC(=O)C1C2CCCC21. The second kappa shape index (κ2) is 4.63. The van der Waals surface area contributed by atoms with Gasteiger partial charge in [0.15, 0.2) is 0 Å². The van der Waals surface area contributed by atoms with Gasteiger partial charge in [-0.05, 0) is 42.9 Å². The van der Waals surface area contributed by atoms with Crippen LogP contribution in [0.2, 0.25) is 0 Å². The molecular formula is C14H14BrNO3. The van der Waals surface area contributed by atoms with Crippen LogP contribution in [-0.4, -0.2) is 17.0 Å². The number of hydrogen-bond donors (Lipinski definition) is 2. The van der Waals surface area contributed by atoms with Gasteiger partial charge < -0.3 is 10.4 Å². The van der Waals surface area contributed by atoms with Crippen molar-refractivity contribution in [3.8, 4) is 0 Å². The van der Waals surface area contributed by atoms with Gasteiger partial charge in [0.2, 0.25) is 5.91 Å². The van der Waals surface area contributed by atoms with Crippen LogP contribution in [-0.2, 0) is 4.79 Å². The topological polar surface area (TPSA) is 66.4 Å². The average molecular weight is 324 g/mol. The Morgan fingerprint density at radius 2 is 1.95 bits per heavy atom. The molecule has 0 aromatic heterocycles. The van der Waals surface area contributed by atoms with E-state index in [2.05, 4.69) is 21.2 Å². The number of nitrogens with one attached hydrogen (secondary N) is 1. The summed E-state index contributed by atoms with van der Waals surface area (Å²) in [6, 6.07) is 4.87. The number of aromatic carboxylic acids is 1. The first-order chi connectivity index (χ1) is 9.08. The number of carbonyl (C=O) groups excluding carboxylic acids is 1. The molecular weight excluding hydrogens is 310 g/mol. The summed E-state index contributed by atoms with van der Waals surface area (Å²) in [5.41, 5.74) is 0.499. The van der Waals surface area contributed by atoms with Gasteiger partial charge in [0.25, 0.3) is 0 Å². The Morgan fingerprint density at radius 3 is 2.58 bits per heavy atom. The lowest BCUT2D eigenvalue weighted by Gasteiger charge is -2.10. The third kappa shape index (κ3) is 2.27. The number of benzene rings is 1. The lowest BCUT2D eigenvalue weighted by molar-refractivity contribution is -0.118. The maximum atomic E-state index is 12.1. The van der Waals surface area contributed by atoms with Crippen molar-refractivity contribution in [3.05, 3.63) is 28.2 Å². The highest BCUT2D eigenvalue weighted by molar-refractivity contribution is 9.10. The smallest absolute Gasteiger partial charge is 0.337 e. The fourth-order valence-corrected chi connectivity index (χ4v) is 3.59. The van der Waals surface area contributed by atoms with Gasteiger partial charge in [-0.1, -0.05) is 22.4 Å². The summed E-state index contributed by atoms with van der Waals surface area (Å²) in [7, 11) is 0. The summed E-state index contributed by atoms with van der Waals surface area (Å²) in [5, 5.41) is 11.9. The van der Waals surface area contributed by atoms with Crippen LogP contribution in [0.25, 0.3) is 0 Å². The Bertz CT molecular complexity index is 548. The van der Waals surface area contributed by atoms with Crippen LogP contribution in [0.3, 0.4) is 0 Å². The highest BCUT2D eigenvalue weighted by atomic mass is 79.9. The normalized spacial score (nSPS) is 27.7. The van der Waals surface area contributed by atoms with E-state index < -0.39 is 5.97 Å². The summed E-state index contributed by atoms with van der Waals surface area (Å²) in [6.07, 6.45) is 3.49. The molecule has 2 atom stereocenters. The molecule has 3 rings (SSSR count). The van der Waals surface area contributed by atoms with Crippen molar-refractivity contribution in [2.24, 2.45) is 17.8 Å². The number of carboxylic acids is 1. The number of halogens is 1. The molecule has 5 heteroatoms. The zero-order chi connectivity index (χ0) is 13.6. The molecule has 0 heterocycles. The van der Waals surface area contributed by atoms with Crippen molar-refractivity contribution < 1.29 is 14.7 Å².